The summed E-state index contributed by atoms with van der Waals surface area (Å²) in [6, 6.07) is 8.70. The van der Waals surface area contributed by atoms with Gasteiger partial charge in [-0.05, 0) is 44.7 Å². The van der Waals surface area contributed by atoms with Gasteiger partial charge in [0, 0.05) is 48.9 Å². The van der Waals surface area contributed by atoms with E-state index in [1.54, 1.807) is 7.11 Å². The van der Waals surface area contributed by atoms with Crippen LogP contribution in [-0.4, -0.2) is 48.6 Å². The summed E-state index contributed by atoms with van der Waals surface area (Å²) in [5.41, 5.74) is 3.17. The smallest absolute Gasteiger partial charge is 0.222 e. The maximum Gasteiger partial charge on any atom is 0.222 e. The molecule has 0 bridgehead atoms. The molecular formula is C21H27N3O2. The Morgan fingerprint density at radius 2 is 1.96 bits per heavy atom. The topological polar surface area (TPSA) is 45.7 Å². The van der Waals surface area contributed by atoms with Gasteiger partial charge in [-0.25, -0.2) is 4.98 Å². The van der Waals surface area contributed by atoms with E-state index in [2.05, 4.69) is 21.9 Å². The molecule has 0 spiro atoms. The van der Waals surface area contributed by atoms with E-state index >= 15 is 0 Å². The van der Waals surface area contributed by atoms with Crippen LogP contribution in [-0.2, 0) is 4.79 Å². The molecule has 0 N–H and O–H groups in total. The van der Waals surface area contributed by atoms with Gasteiger partial charge in [-0.2, -0.15) is 0 Å². The lowest BCUT2D eigenvalue weighted by Gasteiger charge is -2.41. The molecule has 2 aliphatic heterocycles. The van der Waals surface area contributed by atoms with Gasteiger partial charge in [0.2, 0.25) is 5.91 Å². The van der Waals surface area contributed by atoms with Gasteiger partial charge in [-0.3, -0.25) is 4.79 Å². The Morgan fingerprint density at radius 1 is 1.15 bits per heavy atom. The van der Waals surface area contributed by atoms with Crippen LogP contribution in [0.3, 0.4) is 0 Å². The number of amides is 1. The lowest BCUT2D eigenvalue weighted by molar-refractivity contribution is -0.136. The summed E-state index contributed by atoms with van der Waals surface area (Å²) in [5.74, 6) is 1.17. The number of nitrogens with zero attached hydrogens (tertiary/aromatic N) is 3. The number of rotatable bonds is 3. The summed E-state index contributed by atoms with van der Waals surface area (Å²) < 4.78 is 5.51. The van der Waals surface area contributed by atoms with Gasteiger partial charge < -0.3 is 14.5 Å². The van der Waals surface area contributed by atoms with Crippen LogP contribution in [0.4, 0.5) is 5.69 Å². The molecule has 0 radical (unpaired) electrons. The van der Waals surface area contributed by atoms with Crippen molar-refractivity contribution >= 4 is 22.5 Å². The molecule has 2 aromatic rings. The first-order chi connectivity index (χ1) is 12.7. The van der Waals surface area contributed by atoms with Crippen molar-refractivity contribution in [3.63, 3.8) is 0 Å². The van der Waals surface area contributed by atoms with Crippen LogP contribution in [0.1, 0.15) is 37.8 Å². The van der Waals surface area contributed by atoms with Crippen molar-refractivity contribution in [3.8, 4) is 5.75 Å². The van der Waals surface area contributed by atoms with E-state index in [0.717, 1.165) is 74.1 Å². The first-order valence-electron chi connectivity index (χ1n) is 9.66. The molecule has 138 valence electrons. The molecule has 4 rings (SSSR count). The maximum atomic E-state index is 12.2. The van der Waals surface area contributed by atoms with E-state index < -0.39 is 0 Å². The van der Waals surface area contributed by atoms with Crippen LogP contribution < -0.4 is 9.64 Å². The van der Waals surface area contributed by atoms with Crippen LogP contribution in [0.5, 0.6) is 5.75 Å². The number of benzene rings is 1. The predicted molar refractivity (Wildman–Crippen MR) is 104 cm³/mol. The number of likely N-dealkylation sites (tertiary alicyclic amines) is 1. The third-order valence-electron chi connectivity index (χ3n) is 5.73. The number of hydrogen-bond donors (Lipinski definition) is 0. The van der Waals surface area contributed by atoms with Crippen molar-refractivity contribution in [1.29, 1.82) is 0 Å². The number of carbonyl (C=O) groups is 1. The zero-order chi connectivity index (χ0) is 18.1. The highest BCUT2D eigenvalue weighted by molar-refractivity contribution is 5.95. The number of pyridine rings is 1. The number of methoxy groups -OCH3 is 1. The van der Waals surface area contributed by atoms with Gasteiger partial charge in [0.25, 0.3) is 0 Å². The fourth-order valence-electron chi connectivity index (χ4n) is 4.39. The number of fused-ring (bicyclic) bond motifs is 1. The molecule has 0 atom stereocenters. The largest absolute Gasteiger partial charge is 0.494 e. The van der Waals surface area contributed by atoms with Gasteiger partial charge in [-0.1, -0.05) is 12.1 Å². The molecule has 3 heterocycles. The first-order valence-corrected chi connectivity index (χ1v) is 9.66. The molecule has 0 saturated carbocycles. The number of aromatic nitrogens is 1. The second-order valence-corrected chi connectivity index (χ2v) is 7.40. The summed E-state index contributed by atoms with van der Waals surface area (Å²) in [4.78, 5) is 21.5. The van der Waals surface area contributed by atoms with Crippen LogP contribution in [0.15, 0.2) is 24.3 Å². The fourth-order valence-corrected chi connectivity index (χ4v) is 4.39. The number of aryl methyl sites for hydroxylation is 1. The number of piperidine rings is 2. The third kappa shape index (κ3) is 3.11. The van der Waals surface area contributed by atoms with E-state index in [1.165, 1.54) is 5.69 Å². The van der Waals surface area contributed by atoms with Gasteiger partial charge in [0.1, 0.15) is 11.3 Å². The molecule has 5 nitrogen and oxygen atoms in total. The van der Waals surface area contributed by atoms with Gasteiger partial charge in [0.15, 0.2) is 0 Å². The lowest BCUT2D eigenvalue weighted by Crippen LogP contribution is -2.49. The monoisotopic (exact) mass is 353 g/mol. The molecule has 1 aromatic carbocycles. The quantitative estimate of drug-likeness (QED) is 0.847. The Morgan fingerprint density at radius 3 is 2.69 bits per heavy atom. The fraction of sp³-hybridized carbons (Fsp3) is 0.524. The Labute approximate surface area is 154 Å². The molecule has 2 aliphatic rings. The summed E-state index contributed by atoms with van der Waals surface area (Å²) in [7, 11) is 1.69. The summed E-state index contributed by atoms with van der Waals surface area (Å²) in [6.07, 6.45) is 5.02. The van der Waals surface area contributed by atoms with Crippen LogP contribution in [0, 0.1) is 6.92 Å². The summed E-state index contributed by atoms with van der Waals surface area (Å²) in [6.45, 7) is 4.93. The minimum Gasteiger partial charge on any atom is -0.494 e. The molecule has 1 amide bonds. The van der Waals surface area contributed by atoms with Crippen molar-refractivity contribution in [2.45, 2.75) is 45.1 Å². The SMILES string of the molecule is COc1cccc2c(N3CCC(N4CCCCC4=O)CC3)cc(C)nc12. The van der Waals surface area contributed by atoms with E-state index in [-0.39, 0.29) is 0 Å². The average Bonchev–Trinajstić information content (AvgIpc) is 2.67. The predicted octanol–water partition coefficient (Wildman–Crippen LogP) is 3.53. The second kappa shape index (κ2) is 7.14. The van der Waals surface area contributed by atoms with Crippen molar-refractivity contribution < 1.29 is 9.53 Å². The van der Waals surface area contributed by atoms with Crippen LogP contribution in [0.25, 0.3) is 10.9 Å². The second-order valence-electron chi connectivity index (χ2n) is 7.40. The van der Waals surface area contributed by atoms with E-state index in [1.807, 2.05) is 19.1 Å². The molecule has 1 aromatic heterocycles. The number of anilines is 1. The maximum absolute atomic E-state index is 12.2. The Kier molecular flexibility index (Phi) is 4.70. The Hall–Kier alpha value is -2.30. The van der Waals surface area contributed by atoms with Crippen LogP contribution >= 0.6 is 0 Å². The van der Waals surface area contributed by atoms with Crippen molar-refractivity contribution in [3.05, 3.63) is 30.0 Å². The highest BCUT2D eigenvalue weighted by Crippen LogP contribution is 2.34. The average molecular weight is 353 g/mol. The zero-order valence-corrected chi connectivity index (χ0v) is 15.7. The van der Waals surface area contributed by atoms with E-state index in [0.29, 0.717) is 11.9 Å². The van der Waals surface area contributed by atoms with Gasteiger partial charge in [0.05, 0.1) is 7.11 Å². The highest BCUT2D eigenvalue weighted by Gasteiger charge is 2.30. The molecule has 26 heavy (non-hydrogen) atoms. The summed E-state index contributed by atoms with van der Waals surface area (Å²) >= 11 is 0. The van der Waals surface area contributed by atoms with Crippen molar-refractivity contribution in [2.75, 3.05) is 31.6 Å². The minimum absolute atomic E-state index is 0.352. The number of ether oxygens (including phenoxy) is 1. The molecule has 2 saturated heterocycles. The Bertz CT molecular complexity index is 812. The number of carbonyl (C=O) groups excluding carboxylic acids is 1. The summed E-state index contributed by atoms with van der Waals surface area (Å²) in [5, 5.41) is 1.14. The van der Waals surface area contributed by atoms with Crippen LogP contribution in [0.2, 0.25) is 0 Å². The molecule has 2 fully saturated rings. The van der Waals surface area contributed by atoms with E-state index in [9.17, 15) is 4.79 Å². The standard InChI is InChI=1S/C21H27N3O2/c1-15-14-18(17-6-5-7-19(26-2)21(17)22-15)23-12-9-16(10-13-23)24-11-4-3-8-20(24)25/h5-7,14,16H,3-4,8-13H2,1-2H3. The number of hydrogen-bond acceptors (Lipinski definition) is 4. The van der Waals surface area contributed by atoms with Gasteiger partial charge >= 0.3 is 0 Å². The van der Waals surface area contributed by atoms with Crippen molar-refractivity contribution in [2.24, 2.45) is 0 Å². The Balaban J connectivity index is 1.57. The molecule has 0 aliphatic carbocycles. The van der Waals surface area contributed by atoms with E-state index in [4.69, 9.17) is 9.72 Å². The van der Waals surface area contributed by atoms with Gasteiger partial charge in [-0.15, -0.1) is 0 Å². The first kappa shape index (κ1) is 17.1. The molecular weight excluding hydrogens is 326 g/mol. The zero-order valence-electron chi connectivity index (χ0n) is 15.7. The lowest BCUT2D eigenvalue weighted by atomic mass is 9.98. The molecule has 5 heteroatoms. The minimum atomic E-state index is 0.352. The third-order valence-corrected chi connectivity index (χ3v) is 5.73. The van der Waals surface area contributed by atoms with Crippen molar-refractivity contribution in [1.82, 2.24) is 9.88 Å². The number of para-hydroxylation sites is 1. The normalized spacial score (nSPS) is 19.2. The molecule has 0 unspecified atom stereocenters. The highest BCUT2D eigenvalue weighted by atomic mass is 16.5.